The van der Waals surface area contributed by atoms with Crippen LogP contribution in [0.2, 0.25) is 0 Å². The predicted molar refractivity (Wildman–Crippen MR) is 43.6 cm³/mol. The number of rotatable bonds is 3. The number of halogens is 3. The highest BCUT2D eigenvalue weighted by atomic mass is 19.4. The smallest absolute Gasteiger partial charge is 0.436 e. The average molecular weight is 208 g/mol. The van der Waals surface area contributed by atoms with Gasteiger partial charge in [-0.25, -0.2) is 4.98 Å². The van der Waals surface area contributed by atoms with E-state index in [0.717, 1.165) is 0 Å². The number of nitrogens with two attached hydrogens (primary N) is 1. The summed E-state index contributed by atoms with van der Waals surface area (Å²) in [4.78, 5) is 3.37. The molecule has 80 valence electrons. The summed E-state index contributed by atoms with van der Waals surface area (Å²) in [6.07, 6.45) is -4.04. The van der Waals surface area contributed by atoms with Crippen molar-refractivity contribution >= 4 is 0 Å². The molecule has 1 aromatic heterocycles. The summed E-state index contributed by atoms with van der Waals surface area (Å²) in [5.41, 5.74) is 4.26. The predicted octanol–water partition coefficient (Wildman–Crippen LogP) is 1.76. The van der Waals surface area contributed by atoms with Crippen molar-refractivity contribution in [1.29, 1.82) is 0 Å². The van der Waals surface area contributed by atoms with Crippen LogP contribution in [0.15, 0.2) is 4.42 Å². The van der Waals surface area contributed by atoms with Gasteiger partial charge in [-0.3, -0.25) is 0 Å². The first-order valence-electron chi connectivity index (χ1n) is 4.24. The van der Waals surface area contributed by atoms with E-state index in [0.29, 0.717) is 0 Å². The van der Waals surface area contributed by atoms with Crippen LogP contribution in [-0.2, 0) is 19.0 Å². The van der Waals surface area contributed by atoms with E-state index in [2.05, 4.69) is 4.98 Å². The summed E-state index contributed by atoms with van der Waals surface area (Å²) in [6.45, 7) is 1.81. The van der Waals surface area contributed by atoms with Crippen LogP contribution < -0.4 is 5.73 Å². The fourth-order valence-corrected chi connectivity index (χ4v) is 1.09. The zero-order valence-corrected chi connectivity index (χ0v) is 7.69. The van der Waals surface area contributed by atoms with Gasteiger partial charge in [0.2, 0.25) is 0 Å². The lowest BCUT2D eigenvalue weighted by molar-refractivity contribution is -0.141. The minimum atomic E-state index is -4.44. The SMILES string of the molecule is CCc1oc(CCN)nc1C(F)(F)F. The van der Waals surface area contributed by atoms with Crippen LogP contribution in [0, 0.1) is 0 Å². The Morgan fingerprint density at radius 3 is 2.43 bits per heavy atom. The van der Waals surface area contributed by atoms with Gasteiger partial charge in [-0.2, -0.15) is 13.2 Å². The summed E-state index contributed by atoms with van der Waals surface area (Å²) in [6, 6.07) is 0. The zero-order valence-electron chi connectivity index (χ0n) is 7.69. The molecule has 0 aliphatic carbocycles. The van der Waals surface area contributed by atoms with Crippen molar-refractivity contribution in [1.82, 2.24) is 4.98 Å². The van der Waals surface area contributed by atoms with Crippen LogP contribution in [0.1, 0.15) is 24.3 Å². The highest BCUT2D eigenvalue weighted by Crippen LogP contribution is 2.31. The van der Waals surface area contributed by atoms with Crippen molar-refractivity contribution in [3.8, 4) is 0 Å². The topological polar surface area (TPSA) is 52.0 Å². The molecule has 0 bridgehead atoms. The minimum Gasteiger partial charge on any atom is -0.445 e. The van der Waals surface area contributed by atoms with Crippen LogP contribution in [0.4, 0.5) is 13.2 Å². The van der Waals surface area contributed by atoms with Gasteiger partial charge in [-0.1, -0.05) is 6.92 Å². The lowest BCUT2D eigenvalue weighted by atomic mass is 10.3. The number of nitrogens with zero attached hydrogens (tertiary/aromatic N) is 1. The van der Waals surface area contributed by atoms with Crippen LogP contribution in [0.3, 0.4) is 0 Å². The van der Waals surface area contributed by atoms with Gasteiger partial charge in [-0.05, 0) is 0 Å². The quantitative estimate of drug-likeness (QED) is 0.823. The molecule has 0 fully saturated rings. The van der Waals surface area contributed by atoms with Gasteiger partial charge in [0.05, 0.1) is 0 Å². The number of hydrogen-bond donors (Lipinski definition) is 1. The van der Waals surface area contributed by atoms with Crippen molar-refractivity contribution in [2.24, 2.45) is 5.73 Å². The maximum absolute atomic E-state index is 12.3. The second-order valence-corrected chi connectivity index (χ2v) is 2.77. The number of aryl methyl sites for hydroxylation is 1. The summed E-state index contributed by atoms with van der Waals surface area (Å²) in [7, 11) is 0. The zero-order chi connectivity index (χ0) is 10.8. The fourth-order valence-electron chi connectivity index (χ4n) is 1.09. The van der Waals surface area contributed by atoms with E-state index in [1.807, 2.05) is 0 Å². The van der Waals surface area contributed by atoms with Crippen LogP contribution >= 0.6 is 0 Å². The molecule has 3 nitrogen and oxygen atoms in total. The molecule has 0 aliphatic heterocycles. The van der Waals surface area contributed by atoms with Gasteiger partial charge in [-0.15, -0.1) is 0 Å². The summed E-state index contributed by atoms with van der Waals surface area (Å²) < 4.78 is 41.9. The largest absolute Gasteiger partial charge is 0.445 e. The Morgan fingerprint density at radius 2 is 2.07 bits per heavy atom. The Bertz CT molecular complexity index is 306. The summed E-state index contributed by atoms with van der Waals surface area (Å²) >= 11 is 0. The second-order valence-electron chi connectivity index (χ2n) is 2.77. The third-order valence-corrected chi connectivity index (χ3v) is 1.69. The molecule has 0 atom stereocenters. The number of aromatic nitrogens is 1. The van der Waals surface area contributed by atoms with E-state index in [4.69, 9.17) is 10.2 Å². The van der Waals surface area contributed by atoms with Gasteiger partial charge in [0.1, 0.15) is 5.76 Å². The average Bonchev–Trinajstić information content (AvgIpc) is 2.47. The van der Waals surface area contributed by atoms with Gasteiger partial charge in [0, 0.05) is 19.4 Å². The Hall–Kier alpha value is -1.04. The highest BCUT2D eigenvalue weighted by molar-refractivity contribution is 5.13. The molecule has 14 heavy (non-hydrogen) atoms. The first-order valence-corrected chi connectivity index (χ1v) is 4.24. The van der Waals surface area contributed by atoms with E-state index in [1.54, 1.807) is 6.92 Å². The maximum Gasteiger partial charge on any atom is 0.436 e. The molecule has 0 unspecified atom stereocenters. The monoisotopic (exact) mass is 208 g/mol. The first kappa shape index (κ1) is 11.0. The summed E-state index contributed by atoms with van der Waals surface area (Å²) in [5.74, 6) is -0.0716. The third kappa shape index (κ3) is 2.25. The molecule has 0 spiro atoms. The van der Waals surface area contributed by atoms with Gasteiger partial charge >= 0.3 is 6.18 Å². The van der Waals surface area contributed by atoms with Crippen molar-refractivity contribution in [3.05, 3.63) is 17.3 Å². The third-order valence-electron chi connectivity index (χ3n) is 1.69. The Labute approximate surface area is 79.1 Å². The minimum absolute atomic E-state index is 0.0525. The molecule has 0 radical (unpaired) electrons. The van der Waals surface area contributed by atoms with Crippen LogP contribution in [0.5, 0.6) is 0 Å². The molecule has 0 amide bonds. The molecular weight excluding hydrogens is 197 g/mol. The molecule has 0 saturated heterocycles. The molecule has 0 aromatic carbocycles. The summed E-state index contributed by atoms with van der Waals surface area (Å²) in [5, 5.41) is 0. The lowest BCUT2D eigenvalue weighted by Gasteiger charge is -2.01. The van der Waals surface area contributed by atoms with E-state index in [9.17, 15) is 13.2 Å². The molecule has 2 N–H and O–H groups in total. The van der Waals surface area contributed by atoms with Crippen molar-refractivity contribution in [2.75, 3.05) is 6.54 Å². The molecule has 6 heteroatoms. The molecule has 0 saturated carbocycles. The Kier molecular flexibility index (Phi) is 3.15. The second kappa shape index (κ2) is 4.00. The standard InChI is InChI=1S/C8H11F3N2O/c1-2-5-7(8(9,10)11)13-6(14-5)3-4-12/h2-4,12H2,1H3. The Balaban J connectivity index is 3.02. The van der Waals surface area contributed by atoms with Crippen molar-refractivity contribution in [2.45, 2.75) is 25.9 Å². The number of oxazole rings is 1. The van der Waals surface area contributed by atoms with Crippen molar-refractivity contribution in [3.63, 3.8) is 0 Å². The molecule has 0 aliphatic rings. The lowest BCUT2D eigenvalue weighted by Crippen LogP contribution is -2.09. The molecular formula is C8H11F3N2O. The van der Waals surface area contributed by atoms with E-state index < -0.39 is 11.9 Å². The highest BCUT2D eigenvalue weighted by Gasteiger charge is 2.37. The number of hydrogen-bond acceptors (Lipinski definition) is 3. The molecule has 1 aromatic rings. The number of alkyl halides is 3. The van der Waals surface area contributed by atoms with Gasteiger partial charge < -0.3 is 10.2 Å². The molecule has 1 rings (SSSR count). The maximum atomic E-state index is 12.3. The van der Waals surface area contributed by atoms with E-state index in [-0.39, 0.29) is 31.0 Å². The van der Waals surface area contributed by atoms with Crippen LogP contribution in [0.25, 0.3) is 0 Å². The fraction of sp³-hybridized carbons (Fsp3) is 0.625. The van der Waals surface area contributed by atoms with Crippen molar-refractivity contribution < 1.29 is 17.6 Å². The van der Waals surface area contributed by atoms with E-state index in [1.165, 1.54) is 0 Å². The molecule has 1 heterocycles. The van der Waals surface area contributed by atoms with Gasteiger partial charge in [0.15, 0.2) is 11.6 Å². The van der Waals surface area contributed by atoms with Crippen LogP contribution in [-0.4, -0.2) is 11.5 Å². The van der Waals surface area contributed by atoms with Gasteiger partial charge in [0.25, 0.3) is 0 Å². The van der Waals surface area contributed by atoms with E-state index >= 15 is 0 Å². The first-order chi connectivity index (χ1) is 6.49. The normalized spacial score (nSPS) is 12.1. The Morgan fingerprint density at radius 1 is 1.43 bits per heavy atom.